The van der Waals surface area contributed by atoms with Crippen LogP contribution in [0.25, 0.3) is 0 Å². The number of sulfone groups is 1. The fourth-order valence-corrected chi connectivity index (χ4v) is 1.72. The summed E-state index contributed by atoms with van der Waals surface area (Å²) in [6.45, 7) is 8.89. The van der Waals surface area contributed by atoms with Crippen molar-refractivity contribution in [2.45, 2.75) is 31.8 Å². The summed E-state index contributed by atoms with van der Waals surface area (Å²) in [7, 11) is -3.54. The summed E-state index contributed by atoms with van der Waals surface area (Å²) in [5.74, 6) is 0.172. The van der Waals surface area contributed by atoms with Gasteiger partial charge in [-0.3, -0.25) is 0 Å². The lowest BCUT2D eigenvalue weighted by atomic mass is 10.1. The molecule has 0 radical (unpaired) electrons. The molecular weight excluding hydrogens is 212 g/mol. The maximum Gasteiger partial charge on any atom is 0.251 e. The lowest BCUT2D eigenvalue weighted by Crippen LogP contribution is -2.07. The van der Waals surface area contributed by atoms with Crippen LogP contribution in [-0.2, 0) is 9.84 Å². The molecule has 0 aliphatic heterocycles. The fraction of sp³-hybridized carbons (Fsp3) is 0.400. The number of rotatable bonds is 3. The van der Waals surface area contributed by atoms with Gasteiger partial charge in [-0.25, -0.2) is 18.4 Å². The van der Waals surface area contributed by atoms with Crippen LogP contribution in [-0.4, -0.2) is 18.4 Å². The van der Waals surface area contributed by atoms with Crippen molar-refractivity contribution in [3.63, 3.8) is 0 Å². The first-order chi connectivity index (χ1) is 6.86. The van der Waals surface area contributed by atoms with Gasteiger partial charge in [-0.2, -0.15) is 0 Å². The minimum Gasteiger partial charge on any atom is -0.223 e. The summed E-state index contributed by atoms with van der Waals surface area (Å²) < 4.78 is 23.0. The Bertz CT molecular complexity index is 478. The number of hydrogen-bond acceptors (Lipinski definition) is 4. The second-order valence-electron chi connectivity index (χ2n) is 3.58. The van der Waals surface area contributed by atoms with E-state index in [9.17, 15) is 8.42 Å². The molecule has 0 aliphatic carbocycles. The van der Waals surface area contributed by atoms with Gasteiger partial charge < -0.3 is 0 Å². The molecule has 0 aliphatic rings. The molecule has 1 heterocycles. The van der Waals surface area contributed by atoms with E-state index in [1.165, 1.54) is 0 Å². The van der Waals surface area contributed by atoms with E-state index in [-0.39, 0.29) is 11.1 Å². The van der Waals surface area contributed by atoms with E-state index in [4.69, 9.17) is 0 Å². The number of aromatic nitrogens is 2. The van der Waals surface area contributed by atoms with Crippen LogP contribution in [0.3, 0.4) is 0 Å². The van der Waals surface area contributed by atoms with Gasteiger partial charge in [0.1, 0.15) is 0 Å². The topological polar surface area (TPSA) is 59.9 Å². The van der Waals surface area contributed by atoms with Gasteiger partial charge in [0.2, 0.25) is 9.84 Å². The molecule has 4 nitrogen and oxygen atoms in total. The van der Waals surface area contributed by atoms with Crippen LogP contribution in [0, 0.1) is 6.92 Å². The Hall–Kier alpha value is -1.23. The third-order valence-corrected chi connectivity index (χ3v) is 3.05. The van der Waals surface area contributed by atoms with E-state index in [0.29, 0.717) is 5.69 Å². The van der Waals surface area contributed by atoms with Crippen molar-refractivity contribution in [2.24, 2.45) is 0 Å². The minimum absolute atomic E-state index is 0.166. The lowest BCUT2D eigenvalue weighted by Gasteiger charge is -2.07. The summed E-state index contributed by atoms with van der Waals surface area (Å²) >= 11 is 0. The summed E-state index contributed by atoms with van der Waals surface area (Å²) in [5, 5.41) is 0.701. The van der Waals surface area contributed by atoms with Gasteiger partial charge in [0.25, 0.3) is 5.16 Å². The van der Waals surface area contributed by atoms with Gasteiger partial charge >= 0.3 is 0 Å². The minimum atomic E-state index is -3.54. The largest absolute Gasteiger partial charge is 0.251 e. The highest BCUT2D eigenvalue weighted by Gasteiger charge is 2.15. The van der Waals surface area contributed by atoms with Gasteiger partial charge in [0.15, 0.2) is 0 Å². The molecule has 0 fully saturated rings. The molecule has 0 unspecified atom stereocenters. The molecule has 1 aromatic rings. The molecule has 0 amide bonds. The van der Waals surface area contributed by atoms with Crippen LogP contribution in [0.1, 0.15) is 31.2 Å². The van der Waals surface area contributed by atoms with Gasteiger partial charge in [-0.1, -0.05) is 20.4 Å². The summed E-state index contributed by atoms with van der Waals surface area (Å²) in [4.78, 5) is 7.89. The van der Waals surface area contributed by atoms with Crippen molar-refractivity contribution in [2.75, 3.05) is 0 Å². The van der Waals surface area contributed by atoms with E-state index in [1.807, 2.05) is 13.8 Å². The van der Waals surface area contributed by atoms with Crippen molar-refractivity contribution < 1.29 is 8.42 Å². The normalized spacial score (nSPS) is 11.7. The quantitative estimate of drug-likeness (QED) is 0.738. The van der Waals surface area contributed by atoms with E-state index in [2.05, 4.69) is 16.5 Å². The standard InChI is InChI=1S/C10H14N2O2S/c1-5-15(13,14)10-11-8(4)6-9(12-10)7(2)3/h5-7H,1H2,2-4H3. The first-order valence-corrected chi connectivity index (χ1v) is 6.14. The molecule has 0 N–H and O–H groups in total. The third kappa shape index (κ3) is 2.62. The predicted octanol–water partition coefficient (Wildman–Crippen LogP) is 1.83. The predicted molar refractivity (Wildman–Crippen MR) is 58.2 cm³/mol. The van der Waals surface area contributed by atoms with E-state index >= 15 is 0 Å². The van der Waals surface area contributed by atoms with Gasteiger partial charge in [0, 0.05) is 16.8 Å². The third-order valence-electron chi connectivity index (χ3n) is 1.92. The smallest absolute Gasteiger partial charge is 0.223 e. The highest BCUT2D eigenvalue weighted by molar-refractivity contribution is 7.94. The van der Waals surface area contributed by atoms with Crippen LogP contribution in [0.5, 0.6) is 0 Å². The molecule has 1 aromatic heterocycles. The Balaban J connectivity index is 3.39. The van der Waals surface area contributed by atoms with Crippen molar-refractivity contribution in [3.05, 3.63) is 29.4 Å². The van der Waals surface area contributed by atoms with Crippen molar-refractivity contribution >= 4 is 9.84 Å². The molecule has 0 saturated heterocycles. The molecule has 0 bridgehead atoms. The monoisotopic (exact) mass is 226 g/mol. The summed E-state index contributed by atoms with van der Waals surface area (Å²) in [6.07, 6.45) is 0. The summed E-state index contributed by atoms with van der Waals surface area (Å²) in [5.41, 5.74) is 1.37. The molecule has 0 saturated carbocycles. The van der Waals surface area contributed by atoms with Crippen molar-refractivity contribution in [1.29, 1.82) is 0 Å². The molecule has 82 valence electrons. The van der Waals surface area contributed by atoms with Crippen molar-refractivity contribution in [3.8, 4) is 0 Å². The van der Waals surface area contributed by atoms with Gasteiger partial charge in [0.05, 0.1) is 0 Å². The Kier molecular flexibility index (Phi) is 3.24. The molecule has 5 heteroatoms. The van der Waals surface area contributed by atoms with Crippen LogP contribution in [0.15, 0.2) is 23.2 Å². The average Bonchev–Trinajstić information content (AvgIpc) is 2.16. The first kappa shape index (κ1) is 11.8. The molecule has 0 spiro atoms. The zero-order valence-corrected chi connectivity index (χ0v) is 9.87. The number of aryl methyl sites for hydroxylation is 1. The maximum absolute atomic E-state index is 11.5. The highest BCUT2D eigenvalue weighted by atomic mass is 32.2. The van der Waals surface area contributed by atoms with Gasteiger partial charge in [-0.05, 0) is 18.9 Å². The van der Waals surface area contributed by atoms with Crippen LogP contribution in [0.4, 0.5) is 0 Å². The van der Waals surface area contributed by atoms with E-state index in [0.717, 1.165) is 11.1 Å². The molecule has 15 heavy (non-hydrogen) atoms. The van der Waals surface area contributed by atoms with Crippen LogP contribution >= 0.6 is 0 Å². The van der Waals surface area contributed by atoms with Crippen molar-refractivity contribution in [1.82, 2.24) is 9.97 Å². The number of hydrogen-bond donors (Lipinski definition) is 0. The van der Waals surface area contributed by atoms with E-state index < -0.39 is 9.84 Å². The Morgan fingerprint density at radius 3 is 2.47 bits per heavy atom. The molecular formula is C10H14N2O2S. The fourth-order valence-electron chi connectivity index (χ4n) is 1.06. The zero-order chi connectivity index (χ0) is 11.6. The van der Waals surface area contributed by atoms with Gasteiger partial charge in [-0.15, -0.1) is 0 Å². The Morgan fingerprint density at radius 1 is 1.40 bits per heavy atom. The SMILES string of the molecule is C=CS(=O)(=O)c1nc(C)cc(C(C)C)n1. The maximum atomic E-state index is 11.5. The lowest BCUT2D eigenvalue weighted by molar-refractivity contribution is 0.592. The number of nitrogens with zero attached hydrogens (tertiary/aromatic N) is 2. The zero-order valence-electron chi connectivity index (χ0n) is 9.06. The van der Waals surface area contributed by atoms with Crippen LogP contribution in [0.2, 0.25) is 0 Å². The highest BCUT2D eigenvalue weighted by Crippen LogP contribution is 2.15. The van der Waals surface area contributed by atoms with Crippen LogP contribution < -0.4 is 0 Å². The molecule has 1 rings (SSSR count). The Morgan fingerprint density at radius 2 is 2.00 bits per heavy atom. The first-order valence-electron chi connectivity index (χ1n) is 4.60. The molecule has 0 atom stereocenters. The average molecular weight is 226 g/mol. The summed E-state index contributed by atoms with van der Waals surface area (Å²) in [6, 6.07) is 1.78. The molecule has 0 aromatic carbocycles. The van der Waals surface area contributed by atoms with E-state index in [1.54, 1.807) is 13.0 Å². The Labute approximate surface area is 90.0 Å². The second kappa shape index (κ2) is 4.10. The second-order valence-corrected chi connectivity index (χ2v) is 5.37.